The van der Waals surface area contributed by atoms with Gasteiger partial charge < -0.3 is 10.2 Å². The number of hydrogen-bond acceptors (Lipinski definition) is 4. The molecule has 3 rings (SSSR count). The minimum absolute atomic E-state index is 0.0905. The molecule has 1 saturated heterocycles. The van der Waals surface area contributed by atoms with Crippen LogP contribution in [-0.4, -0.2) is 27.8 Å². The number of halogens is 1. The third-order valence-corrected chi connectivity index (χ3v) is 3.90. The maximum atomic E-state index is 13.4. The molecule has 6 nitrogen and oxygen atoms in total. The monoisotopic (exact) mass is 304 g/mol. The SMILES string of the molecule is Cc1nonc1CNC(=O)N1CCCC1c1cccc(F)c1. The first kappa shape index (κ1) is 14.5. The Hall–Kier alpha value is -2.44. The Morgan fingerprint density at radius 1 is 1.50 bits per heavy atom. The van der Waals surface area contributed by atoms with Gasteiger partial charge in [-0.15, -0.1) is 0 Å². The molecule has 0 spiro atoms. The highest BCUT2D eigenvalue weighted by atomic mass is 19.1. The van der Waals surface area contributed by atoms with Crippen molar-refractivity contribution in [3.05, 3.63) is 47.0 Å². The van der Waals surface area contributed by atoms with Gasteiger partial charge in [-0.3, -0.25) is 0 Å². The third kappa shape index (κ3) is 2.93. The van der Waals surface area contributed by atoms with Crippen molar-refractivity contribution in [2.75, 3.05) is 6.54 Å². The van der Waals surface area contributed by atoms with E-state index >= 15 is 0 Å². The molecule has 1 aliphatic rings. The number of urea groups is 1. The Morgan fingerprint density at radius 2 is 2.36 bits per heavy atom. The van der Waals surface area contributed by atoms with Crippen LogP contribution in [-0.2, 0) is 6.54 Å². The Bertz CT molecular complexity index is 673. The lowest BCUT2D eigenvalue weighted by Crippen LogP contribution is -2.39. The van der Waals surface area contributed by atoms with E-state index in [1.807, 2.05) is 6.07 Å². The number of carbonyl (C=O) groups is 1. The fraction of sp³-hybridized carbons (Fsp3) is 0.400. The van der Waals surface area contributed by atoms with Crippen molar-refractivity contribution in [1.29, 1.82) is 0 Å². The minimum Gasteiger partial charge on any atom is -0.332 e. The highest BCUT2D eigenvalue weighted by molar-refractivity contribution is 5.75. The summed E-state index contributed by atoms with van der Waals surface area (Å²) < 4.78 is 18.0. The Morgan fingerprint density at radius 3 is 3.09 bits per heavy atom. The lowest BCUT2D eigenvalue weighted by molar-refractivity contribution is 0.192. The summed E-state index contributed by atoms with van der Waals surface area (Å²) in [6, 6.07) is 6.14. The van der Waals surface area contributed by atoms with Crippen molar-refractivity contribution in [3.8, 4) is 0 Å². The van der Waals surface area contributed by atoms with Crippen LogP contribution in [0.15, 0.2) is 28.9 Å². The van der Waals surface area contributed by atoms with Gasteiger partial charge in [-0.25, -0.2) is 13.8 Å². The van der Waals surface area contributed by atoms with Crippen LogP contribution in [0.2, 0.25) is 0 Å². The van der Waals surface area contributed by atoms with Crippen LogP contribution in [0.3, 0.4) is 0 Å². The lowest BCUT2D eigenvalue weighted by Gasteiger charge is -2.25. The van der Waals surface area contributed by atoms with Gasteiger partial charge in [-0.2, -0.15) is 0 Å². The van der Waals surface area contributed by atoms with Crippen LogP contribution in [0, 0.1) is 12.7 Å². The zero-order valence-corrected chi connectivity index (χ0v) is 12.3. The average Bonchev–Trinajstić information content (AvgIpc) is 3.14. The van der Waals surface area contributed by atoms with Gasteiger partial charge in [-0.1, -0.05) is 22.4 Å². The van der Waals surface area contributed by atoms with E-state index in [0.29, 0.717) is 17.9 Å². The second-order valence-electron chi connectivity index (χ2n) is 5.36. The van der Waals surface area contributed by atoms with E-state index in [0.717, 1.165) is 18.4 Å². The van der Waals surface area contributed by atoms with Gasteiger partial charge in [0.25, 0.3) is 0 Å². The van der Waals surface area contributed by atoms with E-state index < -0.39 is 0 Å². The molecule has 0 aliphatic carbocycles. The summed E-state index contributed by atoms with van der Waals surface area (Å²) in [5.41, 5.74) is 2.09. The Labute approximate surface area is 127 Å². The number of nitrogens with zero attached hydrogens (tertiary/aromatic N) is 3. The predicted octanol–water partition coefficient (Wildman–Crippen LogP) is 2.56. The molecule has 116 valence electrons. The summed E-state index contributed by atoms with van der Waals surface area (Å²) >= 11 is 0. The zero-order valence-electron chi connectivity index (χ0n) is 12.3. The molecule has 0 bridgehead atoms. The van der Waals surface area contributed by atoms with E-state index in [-0.39, 0.29) is 24.4 Å². The van der Waals surface area contributed by atoms with Crippen LogP contribution in [0.1, 0.15) is 35.8 Å². The van der Waals surface area contributed by atoms with Crippen LogP contribution in [0.4, 0.5) is 9.18 Å². The number of hydrogen-bond donors (Lipinski definition) is 1. The van der Waals surface area contributed by atoms with Crippen molar-refractivity contribution in [3.63, 3.8) is 0 Å². The van der Waals surface area contributed by atoms with Gasteiger partial charge in [0.1, 0.15) is 17.2 Å². The summed E-state index contributed by atoms with van der Waals surface area (Å²) in [7, 11) is 0. The summed E-state index contributed by atoms with van der Waals surface area (Å²) in [4.78, 5) is 14.1. The van der Waals surface area contributed by atoms with E-state index in [1.165, 1.54) is 12.1 Å². The molecule has 0 saturated carbocycles. The van der Waals surface area contributed by atoms with Crippen molar-refractivity contribution in [2.24, 2.45) is 0 Å². The standard InChI is InChI=1S/C15H17FN4O2/c1-10-13(19-22-18-10)9-17-15(21)20-7-3-6-14(20)11-4-2-5-12(16)8-11/h2,4-5,8,14H,3,6-7,9H2,1H3,(H,17,21). The number of carbonyl (C=O) groups excluding carboxylic acids is 1. The molecule has 1 atom stereocenters. The summed E-state index contributed by atoms with van der Waals surface area (Å²) in [6.07, 6.45) is 1.74. The molecule has 7 heteroatoms. The highest BCUT2D eigenvalue weighted by Crippen LogP contribution is 2.32. The van der Waals surface area contributed by atoms with Gasteiger partial charge in [0, 0.05) is 6.54 Å². The number of rotatable bonds is 3. The maximum Gasteiger partial charge on any atom is 0.318 e. The van der Waals surface area contributed by atoms with Gasteiger partial charge in [0.15, 0.2) is 0 Å². The molecule has 1 fully saturated rings. The first-order valence-corrected chi connectivity index (χ1v) is 7.23. The zero-order chi connectivity index (χ0) is 15.5. The molecule has 1 aromatic heterocycles. The van der Waals surface area contributed by atoms with Crippen LogP contribution < -0.4 is 5.32 Å². The van der Waals surface area contributed by atoms with Crippen LogP contribution in [0.5, 0.6) is 0 Å². The van der Waals surface area contributed by atoms with E-state index in [1.54, 1.807) is 17.9 Å². The molecule has 1 aliphatic heterocycles. The lowest BCUT2D eigenvalue weighted by atomic mass is 10.0. The number of likely N-dealkylation sites (tertiary alicyclic amines) is 1. The molecule has 1 N–H and O–H groups in total. The molecule has 1 unspecified atom stereocenters. The quantitative estimate of drug-likeness (QED) is 0.946. The summed E-state index contributed by atoms with van der Waals surface area (Å²) in [5, 5.41) is 10.2. The van der Waals surface area contributed by atoms with Crippen molar-refractivity contribution >= 4 is 6.03 Å². The second kappa shape index (κ2) is 6.13. The van der Waals surface area contributed by atoms with E-state index in [9.17, 15) is 9.18 Å². The molecule has 0 radical (unpaired) electrons. The normalized spacial score (nSPS) is 17.7. The summed E-state index contributed by atoms with van der Waals surface area (Å²) in [5.74, 6) is -0.283. The Kier molecular flexibility index (Phi) is 4.04. The molecular formula is C15H17FN4O2. The smallest absolute Gasteiger partial charge is 0.318 e. The molecular weight excluding hydrogens is 287 g/mol. The summed E-state index contributed by atoms with van der Waals surface area (Å²) in [6.45, 7) is 2.69. The number of aryl methyl sites for hydroxylation is 1. The fourth-order valence-corrected chi connectivity index (χ4v) is 2.74. The van der Waals surface area contributed by atoms with Crippen molar-refractivity contribution in [1.82, 2.24) is 20.5 Å². The number of benzene rings is 1. The van der Waals surface area contributed by atoms with Gasteiger partial charge in [0.2, 0.25) is 0 Å². The third-order valence-electron chi connectivity index (χ3n) is 3.90. The fourth-order valence-electron chi connectivity index (χ4n) is 2.74. The minimum atomic E-state index is -0.283. The first-order valence-electron chi connectivity index (χ1n) is 7.23. The van der Waals surface area contributed by atoms with Gasteiger partial charge in [-0.05, 0) is 37.5 Å². The van der Waals surface area contributed by atoms with Crippen LogP contribution in [0.25, 0.3) is 0 Å². The highest BCUT2D eigenvalue weighted by Gasteiger charge is 2.30. The van der Waals surface area contributed by atoms with Crippen molar-refractivity contribution < 1.29 is 13.8 Å². The Balaban J connectivity index is 1.67. The molecule has 1 aromatic carbocycles. The van der Waals surface area contributed by atoms with Crippen molar-refractivity contribution in [2.45, 2.75) is 32.4 Å². The number of nitrogens with one attached hydrogen (secondary N) is 1. The average molecular weight is 304 g/mol. The molecule has 2 heterocycles. The van der Waals surface area contributed by atoms with E-state index in [4.69, 9.17) is 0 Å². The predicted molar refractivity (Wildman–Crippen MR) is 76.4 cm³/mol. The van der Waals surface area contributed by atoms with Crippen LogP contribution >= 0.6 is 0 Å². The molecule has 22 heavy (non-hydrogen) atoms. The maximum absolute atomic E-state index is 13.4. The van der Waals surface area contributed by atoms with Gasteiger partial charge in [0.05, 0.1) is 12.6 Å². The second-order valence-corrected chi connectivity index (χ2v) is 5.36. The topological polar surface area (TPSA) is 71.3 Å². The number of aromatic nitrogens is 2. The molecule has 2 aromatic rings. The largest absolute Gasteiger partial charge is 0.332 e. The molecule has 2 amide bonds. The number of amides is 2. The van der Waals surface area contributed by atoms with Gasteiger partial charge >= 0.3 is 6.03 Å². The first-order chi connectivity index (χ1) is 10.6. The van der Waals surface area contributed by atoms with E-state index in [2.05, 4.69) is 20.3 Å².